The third-order valence-electron chi connectivity index (χ3n) is 2.87. The molecule has 0 N–H and O–H groups in total. The zero-order valence-corrected chi connectivity index (χ0v) is 11.2. The molecule has 0 saturated carbocycles. The van der Waals surface area contributed by atoms with Gasteiger partial charge >= 0.3 is 0 Å². The first-order valence-electron chi connectivity index (χ1n) is 5.48. The van der Waals surface area contributed by atoms with Gasteiger partial charge in [-0.3, -0.25) is 4.79 Å². The van der Waals surface area contributed by atoms with E-state index in [1.807, 2.05) is 0 Å². The lowest BCUT2D eigenvalue weighted by atomic mass is 10.1. The van der Waals surface area contributed by atoms with Crippen LogP contribution in [0.15, 0.2) is 17.2 Å². The standard InChI is InChI=1S/C11H9Cl2FN4O/c12-7-2-8(13)11(14)9(3-7)18-5-6(1-10(18)19)4-16-17-15/h2-3,6H,1,4-5H2. The molecule has 1 aliphatic heterocycles. The zero-order valence-electron chi connectivity index (χ0n) is 9.68. The van der Waals surface area contributed by atoms with Gasteiger partial charge in [-0.1, -0.05) is 28.3 Å². The topological polar surface area (TPSA) is 69.1 Å². The summed E-state index contributed by atoms with van der Waals surface area (Å²) in [7, 11) is 0. The van der Waals surface area contributed by atoms with Crippen molar-refractivity contribution >= 4 is 34.8 Å². The lowest BCUT2D eigenvalue weighted by Crippen LogP contribution is -2.25. The van der Waals surface area contributed by atoms with Crippen LogP contribution in [0.5, 0.6) is 0 Å². The molecule has 0 aliphatic carbocycles. The van der Waals surface area contributed by atoms with E-state index in [1.165, 1.54) is 17.0 Å². The minimum atomic E-state index is -0.677. The first kappa shape index (κ1) is 13.9. The Morgan fingerprint density at radius 2 is 2.26 bits per heavy atom. The van der Waals surface area contributed by atoms with Crippen LogP contribution >= 0.6 is 23.2 Å². The van der Waals surface area contributed by atoms with Crippen LogP contribution in [0.25, 0.3) is 10.4 Å². The predicted octanol–water partition coefficient (Wildman–Crippen LogP) is 3.80. The Morgan fingerprint density at radius 1 is 1.53 bits per heavy atom. The van der Waals surface area contributed by atoms with Gasteiger partial charge in [-0.15, -0.1) is 0 Å². The van der Waals surface area contributed by atoms with E-state index < -0.39 is 5.82 Å². The zero-order chi connectivity index (χ0) is 14.0. The molecule has 1 saturated heterocycles. The maximum atomic E-state index is 13.9. The molecule has 19 heavy (non-hydrogen) atoms. The number of azide groups is 1. The van der Waals surface area contributed by atoms with E-state index in [4.69, 9.17) is 28.7 Å². The van der Waals surface area contributed by atoms with E-state index in [2.05, 4.69) is 10.0 Å². The molecular weight excluding hydrogens is 294 g/mol. The van der Waals surface area contributed by atoms with Crippen LogP contribution in [0, 0.1) is 11.7 Å². The third kappa shape index (κ3) is 2.92. The third-order valence-corrected chi connectivity index (χ3v) is 3.37. The van der Waals surface area contributed by atoms with Crippen LogP contribution in [-0.4, -0.2) is 19.0 Å². The smallest absolute Gasteiger partial charge is 0.227 e. The molecule has 1 aromatic carbocycles. The number of amides is 1. The fourth-order valence-electron chi connectivity index (χ4n) is 2.03. The minimum Gasteiger partial charge on any atom is -0.309 e. The number of nitrogens with zero attached hydrogens (tertiary/aromatic N) is 4. The van der Waals surface area contributed by atoms with E-state index in [0.29, 0.717) is 0 Å². The number of rotatable bonds is 3. The maximum absolute atomic E-state index is 13.9. The fraction of sp³-hybridized carbons (Fsp3) is 0.364. The predicted molar refractivity (Wildman–Crippen MR) is 70.9 cm³/mol. The molecule has 1 aromatic rings. The van der Waals surface area contributed by atoms with Gasteiger partial charge in [0.25, 0.3) is 0 Å². The highest BCUT2D eigenvalue weighted by atomic mass is 35.5. The van der Waals surface area contributed by atoms with Crippen molar-refractivity contribution in [3.63, 3.8) is 0 Å². The van der Waals surface area contributed by atoms with E-state index >= 15 is 0 Å². The number of hydrogen-bond donors (Lipinski definition) is 0. The summed E-state index contributed by atoms with van der Waals surface area (Å²) in [6.45, 7) is 0.486. The van der Waals surface area contributed by atoms with Gasteiger partial charge in [0, 0.05) is 29.4 Å². The second-order valence-electron chi connectivity index (χ2n) is 4.21. The largest absolute Gasteiger partial charge is 0.309 e. The highest BCUT2D eigenvalue weighted by Gasteiger charge is 2.32. The summed E-state index contributed by atoms with van der Waals surface area (Å²) >= 11 is 11.5. The number of hydrogen-bond acceptors (Lipinski definition) is 2. The number of carbonyl (C=O) groups excluding carboxylic acids is 1. The Hall–Kier alpha value is -1.49. The van der Waals surface area contributed by atoms with Gasteiger partial charge in [-0.05, 0) is 23.6 Å². The van der Waals surface area contributed by atoms with Crippen LogP contribution in [0.2, 0.25) is 10.0 Å². The fourth-order valence-corrected chi connectivity index (χ4v) is 2.51. The first-order chi connectivity index (χ1) is 9.02. The van der Waals surface area contributed by atoms with Gasteiger partial charge in [0.2, 0.25) is 5.91 Å². The molecule has 1 amide bonds. The molecule has 0 bridgehead atoms. The number of benzene rings is 1. The van der Waals surface area contributed by atoms with E-state index in [-0.39, 0.29) is 47.1 Å². The van der Waals surface area contributed by atoms with Gasteiger partial charge < -0.3 is 4.90 Å². The SMILES string of the molecule is [N-]=[N+]=NCC1CC(=O)N(c2cc(Cl)cc(Cl)c2F)C1. The molecule has 1 fully saturated rings. The molecule has 1 unspecified atom stereocenters. The summed E-state index contributed by atoms with van der Waals surface area (Å²) in [6, 6.07) is 2.64. The summed E-state index contributed by atoms with van der Waals surface area (Å²) in [4.78, 5) is 15.8. The van der Waals surface area contributed by atoms with Crippen LogP contribution in [-0.2, 0) is 4.79 Å². The molecule has 8 heteroatoms. The molecule has 1 heterocycles. The van der Waals surface area contributed by atoms with Gasteiger partial charge in [0.05, 0.1) is 10.7 Å². The van der Waals surface area contributed by atoms with Crippen molar-refractivity contribution in [1.29, 1.82) is 0 Å². The molecular formula is C11H9Cl2FN4O. The Bertz CT molecular complexity index is 574. The first-order valence-corrected chi connectivity index (χ1v) is 6.24. The minimum absolute atomic E-state index is 0.0611. The molecule has 100 valence electrons. The van der Waals surface area contributed by atoms with Crippen molar-refractivity contribution in [3.05, 3.63) is 38.4 Å². The van der Waals surface area contributed by atoms with Crippen LogP contribution in [0.3, 0.4) is 0 Å². The van der Waals surface area contributed by atoms with Crippen molar-refractivity contribution < 1.29 is 9.18 Å². The Labute approximate surface area is 118 Å². The van der Waals surface area contributed by atoms with Crippen molar-refractivity contribution in [2.24, 2.45) is 11.0 Å². The molecule has 2 rings (SSSR count). The van der Waals surface area contributed by atoms with Crippen molar-refractivity contribution in [2.75, 3.05) is 18.0 Å². The number of carbonyl (C=O) groups is 1. The summed E-state index contributed by atoms with van der Waals surface area (Å²) in [5.41, 5.74) is 8.32. The monoisotopic (exact) mass is 302 g/mol. The van der Waals surface area contributed by atoms with Crippen molar-refractivity contribution in [1.82, 2.24) is 0 Å². The maximum Gasteiger partial charge on any atom is 0.227 e. The average molecular weight is 303 g/mol. The second-order valence-corrected chi connectivity index (χ2v) is 5.05. The molecule has 1 aliphatic rings. The van der Waals surface area contributed by atoms with Crippen LogP contribution < -0.4 is 4.90 Å². The molecule has 0 aromatic heterocycles. The second kappa shape index (κ2) is 5.65. The Kier molecular flexibility index (Phi) is 4.14. The molecule has 0 radical (unpaired) electrons. The highest BCUT2D eigenvalue weighted by molar-refractivity contribution is 6.35. The lowest BCUT2D eigenvalue weighted by Gasteiger charge is -2.18. The van der Waals surface area contributed by atoms with E-state index in [0.717, 1.165) is 0 Å². The van der Waals surface area contributed by atoms with Crippen molar-refractivity contribution in [2.45, 2.75) is 6.42 Å². The van der Waals surface area contributed by atoms with Gasteiger partial charge in [0.1, 0.15) is 0 Å². The normalized spacial score (nSPS) is 18.6. The molecule has 1 atom stereocenters. The molecule has 0 spiro atoms. The Morgan fingerprint density at radius 3 is 2.95 bits per heavy atom. The summed E-state index contributed by atoms with van der Waals surface area (Å²) in [6.07, 6.45) is 0.211. The van der Waals surface area contributed by atoms with Gasteiger partial charge in [-0.25, -0.2) is 4.39 Å². The summed E-state index contributed by atoms with van der Waals surface area (Å²) in [5.74, 6) is -1.04. The van der Waals surface area contributed by atoms with Crippen LogP contribution in [0.1, 0.15) is 6.42 Å². The highest BCUT2D eigenvalue weighted by Crippen LogP contribution is 2.33. The number of halogens is 3. The quantitative estimate of drug-likeness (QED) is 0.362. The lowest BCUT2D eigenvalue weighted by molar-refractivity contribution is -0.117. The number of anilines is 1. The average Bonchev–Trinajstić information content (AvgIpc) is 2.72. The van der Waals surface area contributed by atoms with Gasteiger partial charge in [-0.2, -0.15) is 0 Å². The van der Waals surface area contributed by atoms with Crippen molar-refractivity contribution in [3.8, 4) is 0 Å². The summed E-state index contributed by atoms with van der Waals surface area (Å²) in [5, 5.41) is 3.56. The van der Waals surface area contributed by atoms with E-state index in [9.17, 15) is 9.18 Å². The van der Waals surface area contributed by atoms with Crippen LogP contribution in [0.4, 0.5) is 10.1 Å². The van der Waals surface area contributed by atoms with E-state index in [1.54, 1.807) is 0 Å². The van der Waals surface area contributed by atoms with Gasteiger partial charge in [0.15, 0.2) is 5.82 Å². The summed E-state index contributed by atoms with van der Waals surface area (Å²) < 4.78 is 13.9. The molecule has 5 nitrogen and oxygen atoms in total. The Balaban J connectivity index is 2.28.